The lowest BCUT2D eigenvalue weighted by atomic mass is 9.96. The number of carbonyl (C=O) groups excluding carboxylic acids is 1. The number of rotatable bonds is 3. The van der Waals surface area contributed by atoms with Gasteiger partial charge >= 0.3 is 0 Å². The lowest BCUT2D eigenvalue weighted by molar-refractivity contribution is 0.0700. The van der Waals surface area contributed by atoms with Crippen molar-refractivity contribution in [2.45, 2.75) is 12.8 Å². The fraction of sp³-hybridized carbons (Fsp3) is 0.429. The van der Waals surface area contributed by atoms with Crippen molar-refractivity contribution in [1.29, 1.82) is 0 Å². The number of amidine groups is 1. The second kappa shape index (κ2) is 6.43. The molecule has 3 N–H and O–H groups in total. The van der Waals surface area contributed by atoms with Crippen LogP contribution in [0, 0.1) is 11.7 Å². The average molecular weight is 295 g/mol. The minimum atomic E-state index is -0.576. The Bertz CT molecular complexity index is 562. The van der Waals surface area contributed by atoms with Crippen molar-refractivity contribution in [2.75, 3.05) is 20.2 Å². The average Bonchev–Trinajstić information content (AvgIpc) is 2.53. The molecule has 0 spiro atoms. The van der Waals surface area contributed by atoms with E-state index in [1.54, 1.807) is 4.90 Å². The summed E-state index contributed by atoms with van der Waals surface area (Å²) in [6.07, 6.45) is 1.52. The summed E-state index contributed by atoms with van der Waals surface area (Å²) in [4.78, 5) is 14.0. The highest BCUT2D eigenvalue weighted by Gasteiger charge is 2.27. The summed E-state index contributed by atoms with van der Waals surface area (Å²) in [5.74, 6) is -0.802. The van der Waals surface area contributed by atoms with Crippen LogP contribution in [0.15, 0.2) is 23.4 Å². The normalized spacial score (nSPS) is 19.4. The van der Waals surface area contributed by atoms with Crippen molar-refractivity contribution < 1.29 is 19.1 Å². The number of methoxy groups -OCH3 is 1. The minimum Gasteiger partial charge on any atom is -0.494 e. The van der Waals surface area contributed by atoms with Crippen LogP contribution in [-0.2, 0) is 0 Å². The number of piperidine rings is 1. The number of amides is 1. The SMILES string of the molecule is COc1ccc(C(=O)N2CCCC(C(N)=NO)C2)cc1F. The van der Waals surface area contributed by atoms with Gasteiger partial charge in [0.05, 0.1) is 7.11 Å². The van der Waals surface area contributed by atoms with Crippen molar-refractivity contribution in [3.05, 3.63) is 29.6 Å². The molecule has 0 aliphatic carbocycles. The minimum absolute atomic E-state index is 0.0970. The predicted molar refractivity (Wildman–Crippen MR) is 75.0 cm³/mol. The molecule has 1 unspecified atom stereocenters. The van der Waals surface area contributed by atoms with E-state index in [0.29, 0.717) is 13.1 Å². The van der Waals surface area contributed by atoms with Crippen LogP contribution < -0.4 is 10.5 Å². The summed E-state index contributed by atoms with van der Waals surface area (Å²) in [5, 5.41) is 11.7. The number of halogens is 1. The third-order valence-electron chi connectivity index (χ3n) is 3.64. The summed E-state index contributed by atoms with van der Waals surface area (Å²) >= 11 is 0. The van der Waals surface area contributed by atoms with Crippen molar-refractivity contribution >= 4 is 11.7 Å². The first-order valence-electron chi connectivity index (χ1n) is 6.67. The Morgan fingerprint density at radius 2 is 2.33 bits per heavy atom. The molecule has 7 heteroatoms. The predicted octanol–water partition coefficient (Wildman–Crippen LogP) is 1.43. The van der Waals surface area contributed by atoms with Gasteiger partial charge in [-0.15, -0.1) is 0 Å². The fourth-order valence-electron chi connectivity index (χ4n) is 2.47. The van der Waals surface area contributed by atoms with E-state index in [1.807, 2.05) is 0 Å². The van der Waals surface area contributed by atoms with Crippen LogP contribution in [0.5, 0.6) is 5.75 Å². The fourth-order valence-corrected chi connectivity index (χ4v) is 2.47. The van der Waals surface area contributed by atoms with Crippen molar-refractivity contribution in [1.82, 2.24) is 4.90 Å². The van der Waals surface area contributed by atoms with E-state index in [2.05, 4.69) is 5.16 Å². The monoisotopic (exact) mass is 295 g/mol. The van der Waals surface area contributed by atoms with Crippen LogP contribution in [0.4, 0.5) is 4.39 Å². The van der Waals surface area contributed by atoms with Gasteiger partial charge in [0.25, 0.3) is 5.91 Å². The Labute approximate surface area is 122 Å². The van der Waals surface area contributed by atoms with E-state index in [1.165, 1.54) is 19.2 Å². The van der Waals surface area contributed by atoms with Gasteiger partial charge in [-0.05, 0) is 31.0 Å². The molecule has 1 aliphatic heterocycles. The molecule has 114 valence electrons. The molecule has 0 bridgehead atoms. The molecule has 1 saturated heterocycles. The molecule has 1 fully saturated rings. The molecule has 1 atom stereocenters. The maximum atomic E-state index is 13.7. The first-order valence-corrected chi connectivity index (χ1v) is 6.67. The number of carbonyl (C=O) groups is 1. The number of hydrogen-bond acceptors (Lipinski definition) is 4. The number of benzene rings is 1. The molecule has 2 rings (SSSR count). The Morgan fingerprint density at radius 1 is 1.57 bits per heavy atom. The van der Waals surface area contributed by atoms with Gasteiger partial charge in [0.15, 0.2) is 11.6 Å². The molecular formula is C14H18FN3O3. The number of hydrogen-bond donors (Lipinski definition) is 2. The molecule has 1 aromatic carbocycles. The Kier molecular flexibility index (Phi) is 4.62. The van der Waals surface area contributed by atoms with Crippen LogP contribution in [0.1, 0.15) is 23.2 Å². The number of nitrogens with two attached hydrogens (primary N) is 1. The molecule has 6 nitrogen and oxygen atoms in total. The number of oxime groups is 1. The van der Waals surface area contributed by atoms with Gasteiger partial charge < -0.3 is 20.6 Å². The summed E-state index contributed by atoms with van der Waals surface area (Å²) in [5.41, 5.74) is 5.85. The third kappa shape index (κ3) is 3.24. The Balaban J connectivity index is 2.14. The Hall–Kier alpha value is -2.31. The zero-order chi connectivity index (χ0) is 15.4. The van der Waals surface area contributed by atoms with E-state index in [-0.39, 0.29) is 29.0 Å². The van der Waals surface area contributed by atoms with Crippen molar-refractivity contribution in [2.24, 2.45) is 16.8 Å². The third-order valence-corrected chi connectivity index (χ3v) is 3.64. The van der Waals surface area contributed by atoms with Crippen LogP contribution in [0.2, 0.25) is 0 Å². The maximum Gasteiger partial charge on any atom is 0.253 e. The number of ether oxygens (including phenoxy) is 1. The summed E-state index contributed by atoms with van der Waals surface area (Å²) < 4.78 is 18.5. The first-order chi connectivity index (χ1) is 10.1. The topological polar surface area (TPSA) is 88.2 Å². The van der Waals surface area contributed by atoms with E-state index < -0.39 is 5.82 Å². The smallest absolute Gasteiger partial charge is 0.253 e. The van der Waals surface area contributed by atoms with Crippen LogP contribution >= 0.6 is 0 Å². The van der Waals surface area contributed by atoms with Crippen LogP contribution in [0.25, 0.3) is 0 Å². The molecule has 0 radical (unpaired) electrons. The second-order valence-corrected chi connectivity index (χ2v) is 4.96. The van der Waals surface area contributed by atoms with E-state index in [9.17, 15) is 9.18 Å². The Morgan fingerprint density at radius 3 is 2.95 bits per heavy atom. The number of likely N-dealkylation sites (tertiary alicyclic amines) is 1. The number of nitrogens with zero attached hydrogens (tertiary/aromatic N) is 2. The van der Waals surface area contributed by atoms with Gasteiger partial charge in [0.1, 0.15) is 5.84 Å². The standard InChI is InChI=1S/C14H18FN3O3/c1-21-12-5-4-9(7-11(12)15)14(19)18-6-2-3-10(8-18)13(16)17-20/h4-5,7,10,20H,2-3,6,8H2,1H3,(H2,16,17). The first kappa shape index (κ1) is 15.1. The van der Waals surface area contributed by atoms with Gasteiger partial charge in [0.2, 0.25) is 0 Å². The van der Waals surface area contributed by atoms with Gasteiger partial charge in [-0.2, -0.15) is 0 Å². The molecule has 0 saturated carbocycles. The maximum absolute atomic E-state index is 13.7. The lowest BCUT2D eigenvalue weighted by Crippen LogP contribution is -2.44. The highest BCUT2D eigenvalue weighted by Crippen LogP contribution is 2.22. The zero-order valence-electron chi connectivity index (χ0n) is 11.8. The van der Waals surface area contributed by atoms with E-state index in [4.69, 9.17) is 15.7 Å². The second-order valence-electron chi connectivity index (χ2n) is 4.96. The van der Waals surface area contributed by atoms with E-state index in [0.717, 1.165) is 18.9 Å². The summed E-state index contributed by atoms with van der Waals surface area (Å²) in [6, 6.07) is 4.11. The van der Waals surface area contributed by atoms with Gasteiger partial charge in [-0.25, -0.2) is 4.39 Å². The summed E-state index contributed by atoms with van der Waals surface area (Å²) in [6.45, 7) is 0.935. The van der Waals surface area contributed by atoms with Crippen LogP contribution in [-0.4, -0.2) is 42.0 Å². The highest BCUT2D eigenvalue weighted by atomic mass is 19.1. The van der Waals surface area contributed by atoms with Gasteiger partial charge in [-0.1, -0.05) is 5.16 Å². The molecular weight excluding hydrogens is 277 g/mol. The highest BCUT2D eigenvalue weighted by molar-refractivity contribution is 5.95. The van der Waals surface area contributed by atoms with Gasteiger partial charge in [0, 0.05) is 24.6 Å². The van der Waals surface area contributed by atoms with Crippen LogP contribution in [0.3, 0.4) is 0 Å². The zero-order valence-corrected chi connectivity index (χ0v) is 11.8. The molecule has 1 aromatic rings. The van der Waals surface area contributed by atoms with Crippen molar-refractivity contribution in [3.63, 3.8) is 0 Å². The molecule has 1 amide bonds. The lowest BCUT2D eigenvalue weighted by Gasteiger charge is -2.32. The quantitative estimate of drug-likeness (QED) is 0.382. The molecule has 0 aromatic heterocycles. The van der Waals surface area contributed by atoms with E-state index >= 15 is 0 Å². The van der Waals surface area contributed by atoms with Crippen molar-refractivity contribution in [3.8, 4) is 5.75 Å². The molecule has 21 heavy (non-hydrogen) atoms. The molecule has 1 aliphatic rings. The van der Waals surface area contributed by atoms with Gasteiger partial charge in [-0.3, -0.25) is 4.79 Å². The molecule has 1 heterocycles. The largest absolute Gasteiger partial charge is 0.494 e. The summed E-state index contributed by atoms with van der Waals surface area (Å²) in [7, 11) is 1.37.